The van der Waals surface area contributed by atoms with Gasteiger partial charge in [0, 0.05) is 10.8 Å². The van der Waals surface area contributed by atoms with E-state index >= 15 is 0 Å². The summed E-state index contributed by atoms with van der Waals surface area (Å²) < 4.78 is 0. The molecule has 4 heteroatoms. The number of amides is 1. The Kier molecular flexibility index (Phi) is 3.67. The third kappa shape index (κ3) is 2.23. The van der Waals surface area contributed by atoms with E-state index in [0.29, 0.717) is 6.42 Å². The van der Waals surface area contributed by atoms with Gasteiger partial charge in [0.2, 0.25) is 5.91 Å². The maximum absolute atomic E-state index is 11.9. The first-order valence-corrected chi connectivity index (χ1v) is 6.26. The average molecular weight is 240 g/mol. The van der Waals surface area contributed by atoms with Crippen molar-refractivity contribution in [2.75, 3.05) is 0 Å². The standard InChI is InChI=1S/C13H24N2O2/c1-6-7-8(14)9(16)15-10-12(2,3)11(17)13(10,4)5/h8,10H,6-7,14H2,1-5H3,(H,15,16)/t8-/m1/s1. The van der Waals surface area contributed by atoms with Crippen LogP contribution in [0.1, 0.15) is 47.5 Å². The Morgan fingerprint density at radius 1 is 1.35 bits per heavy atom. The molecule has 4 nitrogen and oxygen atoms in total. The zero-order valence-electron chi connectivity index (χ0n) is 11.5. The Morgan fingerprint density at radius 3 is 2.24 bits per heavy atom. The zero-order chi connectivity index (χ0) is 13.4. The van der Waals surface area contributed by atoms with Gasteiger partial charge in [-0.15, -0.1) is 0 Å². The van der Waals surface area contributed by atoms with E-state index in [1.165, 1.54) is 0 Å². The molecule has 1 saturated carbocycles. The van der Waals surface area contributed by atoms with E-state index in [1.54, 1.807) is 0 Å². The number of Topliss-reactive ketones (excluding diaryl/α,β-unsaturated/α-hetero) is 1. The van der Waals surface area contributed by atoms with E-state index in [4.69, 9.17) is 5.73 Å². The van der Waals surface area contributed by atoms with E-state index in [0.717, 1.165) is 6.42 Å². The van der Waals surface area contributed by atoms with E-state index in [2.05, 4.69) is 5.32 Å². The molecule has 1 fully saturated rings. The van der Waals surface area contributed by atoms with Crippen molar-refractivity contribution in [1.82, 2.24) is 5.32 Å². The molecule has 0 unspecified atom stereocenters. The summed E-state index contributed by atoms with van der Waals surface area (Å²) in [5.41, 5.74) is 4.81. The van der Waals surface area contributed by atoms with Gasteiger partial charge >= 0.3 is 0 Å². The van der Waals surface area contributed by atoms with Crippen molar-refractivity contribution in [3.8, 4) is 0 Å². The Labute approximate surface area is 103 Å². The number of ketones is 1. The van der Waals surface area contributed by atoms with E-state index in [-0.39, 0.29) is 17.7 Å². The Bertz CT molecular complexity index is 316. The Balaban J connectivity index is 2.69. The number of rotatable bonds is 4. The van der Waals surface area contributed by atoms with Crippen LogP contribution < -0.4 is 11.1 Å². The Hall–Kier alpha value is -0.900. The molecule has 0 bridgehead atoms. The second kappa shape index (κ2) is 4.41. The lowest BCUT2D eigenvalue weighted by Gasteiger charge is -2.55. The minimum atomic E-state index is -0.481. The molecule has 0 heterocycles. The van der Waals surface area contributed by atoms with Crippen LogP contribution in [0, 0.1) is 10.8 Å². The van der Waals surface area contributed by atoms with Crippen LogP contribution in [0.15, 0.2) is 0 Å². The van der Waals surface area contributed by atoms with Gasteiger partial charge in [0.25, 0.3) is 0 Å². The summed E-state index contributed by atoms with van der Waals surface area (Å²) in [5.74, 6) is 0.0462. The van der Waals surface area contributed by atoms with Crippen LogP contribution in [0.3, 0.4) is 0 Å². The molecule has 1 rings (SSSR count). The van der Waals surface area contributed by atoms with E-state index in [1.807, 2.05) is 34.6 Å². The fourth-order valence-electron chi connectivity index (χ4n) is 2.97. The van der Waals surface area contributed by atoms with Crippen LogP contribution in [0.2, 0.25) is 0 Å². The predicted molar refractivity (Wildman–Crippen MR) is 67.4 cm³/mol. The molecule has 98 valence electrons. The highest BCUT2D eigenvalue weighted by Gasteiger charge is 2.62. The molecule has 0 aromatic rings. The molecule has 3 N–H and O–H groups in total. The van der Waals surface area contributed by atoms with Gasteiger partial charge in [-0.25, -0.2) is 0 Å². The minimum absolute atomic E-state index is 0.127. The summed E-state index contributed by atoms with van der Waals surface area (Å²) in [4.78, 5) is 23.8. The molecule has 0 aliphatic heterocycles. The third-order valence-electron chi connectivity index (χ3n) is 3.84. The minimum Gasteiger partial charge on any atom is -0.350 e. The van der Waals surface area contributed by atoms with Crippen LogP contribution in [0.25, 0.3) is 0 Å². The van der Waals surface area contributed by atoms with Gasteiger partial charge in [-0.3, -0.25) is 9.59 Å². The van der Waals surface area contributed by atoms with Crippen molar-refractivity contribution in [1.29, 1.82) is 0 Å². The predicted octanol–water partition coefficient (Wildman–Crippen LogP) is 1.23. The molecular formula is C13H24N2O2. The van der Waals surface area contributed by atoms with Gasteiger partial charge in [0.1, 0.15) is 5.78 Å². The van der Waals surface area contributed by atoms with Crippen LogP contribution in [-0.2, 0) is 9.59 Å². The number of nitrogens with two attached hydrogens (primary N) is 1. The van der Waals surface area contributed by atoms with Crippen LogP contribution >= 0.6 is 0 Å². The summed E-state index contributed by atoms with van der Waals surface area (Å²) >= 11 is 0. The van der Waals surface area contributed by atoms with Gasteiger partial charge < -0.3 is 11.1 Å². The van der Waals surface area contributed by atoms with Gasteiger partial charge in [0.05, 0.1) is 12.1 Å². The van der Waals surface area contributed by atoms with Crippen LogP contribution in [0.4, 0.5) is 0 Å². The lowest BCUT2D eigenvalue weighted by atomic mass is 9.51. The quantitative estimate of drug-likeness (QED) is 0.776. The van der Waals surface area contributed by atoms with Crippen LogP contribution in [0.5, 0.6) is 0 Å². The smallest absolute Gasteiger partial charge is 0.237 e. The molecule has 0 spiro atoms. The maximum Gasteiger partial charge on any atom is 0.237 e. The monoisotopic (exact) mass is 240 g/mol. The maximum atomic E-state index is 11.9. The molecular weight excluding hydrogens is 216 g/mol. The molecule has 17 heavy (non-hydrogen) atoms. The van der Waals surface area contributed by atoms with Gasteiger partial charge in [-0.1, -0.05) is 41.0 Å². The number of hydrogen-bond acceptors (Lipinski definition) is 3. The second-order valence-electron chi connectivity index (χ2n) is 6.11. The molecule has 1 aliphatic carbocycles. The molecule has 1 aliphatic rings. The lowest BCUT2D eigenvalue weighted by molar-refractivity contribution is -0.160. The highest BCUT2D eigenvalue weighted by molar-refractivity contribution is 5.99. The largest absolute Gasteiger partial charge is 0.350 e. The van der Waals surface area contributed by atoms with Gasteiger partial charge in [-0.2, -0.15) is 0 Å². The summed E-state index contributed by atoms with van der Waals surface area (Å²) in [5, 5.41) is 2.93. The Morgan fingerprint density at radius 2 is 1.82 bits per heavy atom. The molecule has 1 amide bonds. The topological polar surface area (TPSA) is 72.2 Å². The highest BCUT2D eigenvalue weighted by atomic mass is 16.2. The molecule has 0 aromatic carbocycles. The van der Waals surface area contributed by atoms with E-state index < -0.39 is 16.9 Å². The normalized spacial score (nSPS) is 24.0. The van der Waals surface area contributed by atoms with Crippen molar-refractivity contribution in [3.05, 3.63) is 0 Å². The van der Waals surface area contributed by atoms with Gasteiger partial charge in [0.15, 0.2) is 0 Å². The fraction of sp³-hybridized carbons (Fsp3) is 0.846. The zero-order valence-corrected chi connectivity index (χ0v) is 11.5. The summed E-state index contributed by atoms with van der Waals surface area (Å²) in [6.45, 7) is 9.48. The average Bonchev–Trinajstić information content (AvgIpc) is 2.24. The molecule has 0 saturated heterocycles. The van der Waals surface area contributed by atoms with E-state index in [9.17, 15) is 9.59 Å². The summed E-state index contributed by atoms with van der Waals surface area (Å²) in [7, 11) is 0. The highest BCUT2D eigenvalue weighted by Crippen LogP contribution is 2.49. The summed E-state index contributed by atoms with van der Waals surface area (Å²) in [6.07, 6.45) is 1.55. The molecule has 1 atom stereocenters. The SMILES string of the molecule is CCC[C@@H](N)C(=O)NC1C(C)(C)C(=O)C1(C)C. The van der Waals surface area contributed by atoms with Crippen molar-refractivity contribution in [3.63, 3.8) is 0 Å². The lowest BCUT2D eigenvalue weighted by Crippen LogP contribution is -2.71. The number of carbonyl (C=O) groups excluding carboxylic acids is 2. The molecule has 0 radical (unpaired) electrons. The van der Waals surface area contributed by atoms with Crippen molar-refractivity contribution in [2.45, 2.75) is 59.5 Å². The number of carbonyl (C=O) groups is 2. The number of nitrogens with one attached hydrogen (secondary N) is 1. The first-order chi connectivity index (χ1) is 7.65. The first kappa shape index (κ1) is 14.2. The first-order valence-electron chi connectivity index (χ1n) is 6.26. The van der Waals surface area contributed by atoms with Gasteiger partial charge in [-0.05, 0) is 6.42 Å². The fourth-order valence-corrected chi connectivity index (χ4v) is 2.97. The van der Waals surface area contributed by atoms with Crippen molar-refractivity contribution < 1.29 is 9.59 Å². The van der Waals surface area contributed by atoms with Crippen molar-refractivity contribution in [2.24, 2.45) is 16.6 Å². The third-order valence-corrected chi connectivity index (χ3v) is 3.84. The van der Waals surface area contributed by atoms with Crippen molar-refractivity contribution >= 4 is 11.7 Å². The van der Waals surface area contributed by atoms with Crippen LogP contribution in [-0.4, -0.2) is 23.8 Å². The molecule has 0 aromatic heterocycles. The number of hydrogen-bond donors (Lipinski definition) is 2. The second-order valence-corrected chi connectivity index (χ2v) is 6.11. The summed E-state index contributed by atoms with van der Waals surface area (Å²) in [6, 6.07) is -0.597.